The maximum Gasteiger partial charge on any atom is 0.0972 e. The van der Waals surface area contributed by atoms with Crippen LogP contribution in [0.25, 0.3) is 0 Å². The number of thiazole rings is 1. The molecule has 0 aliphatic rings. The lowest BCUT2D eigenvalue weighted by molar-refractivity contribution is 0.793. The molecule has 3 heteroatoms. The lowest BCUT2D eigenvalue weighted by atomic mass is 10.1. The van der Waals surface area contributed by atoms with E-state index < -0.39 is 0 Å². The van der Waals surface area contributed by atoms with Crippen LogP contribution in [0.1, 0.15) is 21.8 Å². The quantitative estimate of drug-likeness (QED) is 0.876. The van der Waals surface area contributed by atoms with Gasteiger partial charge in [0.2, 0.25) is 0 Å². The van der Waals surface area contributed by atoms with Gasteiger partial charge in [0.1, 0.15) is 0 Å². The molecule has 0 unspecified atom stereocenters. The minimum atomic E-state index is 0.852. The maximum atomic E-state index is 4.58. The molecule has 0 aliphatic heterocycles. The second kappa shape index (κ2) is 5.23. The average Bonchev–Trinajstić information content (AvgIpc) is 2.66. The van der Waals surface area contributed by atoms with Crippen molar-refractivity contribution in [1.82, 2.24) is 10.3 Å². The first-order chi connectivity index (χ1) is 7.78. The molecule has 1 N–H and O–H groups in total. The SMILES string of the molecule is CNCc1csc(Cc2cccc(C)c2)n1. The van der Waals surface area contributed by atoms with E-state index >= 15 is 0 Å². The standard InChI is InChI=1S/C13H16N2S/c1-10-4-3-5-11(6-10)7-13-15-12(8-14-2)9-16-13/h3-6,9,14H,7-8H2,1-2H3. The monoisotopic (exact) mass is 232 g/mol. The number of aromatic nitrogens is 1. The molecule has 2 rings (SSSR count). The zero-order valence-corrected chi connectivity index (χ0v) is 10.5. The number of benzene rings is 1. The van der Waals surface area contributed by atoms with Crippen molar-refractivity contribution in [3.63, 3.8) is 0 Å². The van der Waals surface area contributed by atoms with E-state index in [1.807, 2.05) is 7.05 Å². The van der Waals surface area contributed by atoms with E-state index in [2.05, 4.69) is 46.9 Å². The molecule has 0 saturated carbocycles. The predicted molar refractivity (Wildman–Crippen MR) is 68.9 cm³/mol. The van der Waals surface area contributed by atoms with Crippen molar-refractivity contribution >= 4 is 11.3 Å². The Morgan fingerprint density at radius 3 is 3.00 bits per heavy atom. The van der Waals surface area contributed by atoms with Gasteiger partial charge in [0.05, 0.1) is 10.7 Å². The second-order valence-electron chi connectivity index (χ2n) is 3.93. The Hall–Kier alpha value is -1.19. The molecule has 1 heterocycles. The molecule has 2 nitrogen and oxygen atoms in total. The molecule has 0 aliphatic carbocycles. The third-order valence-corrected chi connectivity index (χ3v) is 3.29. The molecule has 84 valence electrons. The number of nitrogens with zero attached hydrogens (tertiary/aromatic N) is 1. The van der Waals surface area contributed by atoms with Gasteiger partial charge in [-0.15, -0.1) is 11.3 Å². The molecular weight excluding hydrogens is 216 g/mol. The van der Waals surface area contributed by atoms with Crippen LogP contribution in [0.4, 0.5) is 0 Å². The summed E-state index contributed by atoms with van der Waals surface area (Å²) < 4.78 is 0. The Balaban J connectivity index is 2.08. The lowest BCUT2D eigenvalue weighted by Gasteiger charge is -1.99. The van der Waals surface area contributed by atoms with E-state index in [1.165, 1.54) is 16.1 Å². The van der Waals surface area contributed by atoms with E-state index in [0.717, 1.165) is 18.7 Å². The highest BCUT2D eigenvalue weighted by molar-refractivity contribution is 7.09. The van der Waals surface area contributed by atoms with Crippen molar-refractivity contribution in [2.45, 2.75) is 19.9 Å². The number of rotatable bonds is 4. The number of nitrogens with one attached hydrogen (secondary N) is 1. The van der Waals surface area contributed by atoms with Crippen molar-refractivity contribution in [3.05, 3.63) is 51.5 Å². The zero-order valence-electron chi connectivity index (χ0n) is 9.66. The van der Waals surface area contributed by atoms with Crippen LogP contribution < -0.4 is 5.32 Å². The van der Waals surface area contributed by atoms with Crippen LogP contribution in [0.15, 0.2) is 29.6 Å². The van der Waals surface area contributed by atoms with E-state index in [0.29, 0.717) is 0 Å². The highest BCUT2D eigenvalue weighted by Gasteiger charge is 2.02. The first kappa shape index (κ1) is 11.3. The van der Waals surface area contributed by atoms with Crippen molar-refractivity contribution in [1.29, 1.82) is 0 Å². The van der Waals surface area contributed by atoms with Gasteiger partial charge in [-0.1, -0.05) is 29.8 Å². The Morgan fingerprint density at radius 1 is 1.38 bits per heavy atom. The van der Waals surface area contributed by atoms with Crippen LogP contribution >= 0.6 is 11.3 Å². The second-order valence-corrected chi connectivity index (χ2v) is 4.87. The van der Waals surface area contributed by atoms with E-state index in [-0.39, 0.29) is 0 Å². The molecule has 0 radical (unpaired) electrons. The zero-order chi connectivity index (χ0) is 11.4. The molecule has 1 aromatic carbocycles. The van der Waals surface area contributed by atoms with Gasteiger partial charge in [-0.25, -0.2) is 4.98 Å². The summed E-state index contributed by atoms with van der Waals surface area (Å²) >= 11 is 1.74. The highest BCUT2D eigenvalue weighted by Crippen LogP contribution is 2.15. The maximum absolute atomic E-state index is 4.58. The van der Waals surface area contributed by atoms with Gasteiger partial charge < -0.3 is 5.32 Å². The molecule has 0 atom stereocenters. The Kier molecular flexibility index (Phi) is 3.70. The minimum absolute atomic E-state index is 0.852. The molecule has 0 saturated heterocycles. The largest absolute Gasteiger partial charge is 0.314 e. The summed E-state index contributed by atoms with van der Waals surface area (Å²) in [7, 11) is 1.94. The Labute approximate surface area is 100 Å². The van der Waals surface area contributed by atoms with Gasteiger partial charge in [0.25, 0.3) is 0 Å². The topological polar surface area (TPSA) is 24.9 Å². The van der Waals surface area contributed by atoms with Crippen LogP contribution in [-0.4, -0.2) is 12.0 Å². The predicted octanol–water partition coefficient (Wildman–Crippen LogP) is 2.76. The van der Waals surface area contributed by atoms with Gasteiger partial charge in [-0.05, 0) is 19.5 Å². The Bertz CT molecular complexity index is 462. The molecule has 1 aromatic heterocycles. The summed E-state index contributed by atoms with van der Waals surface area (Å²) in [6, 6.07) is 8.61. The molecule has 2 aromatic rings. The molecular formula is C13H16N2S. The smallest absolute Gasteiger partial charge is 0.0972 e. The Morgan fingerprint density at radius 2 is 2.25 bits per heavy atom. The molecule has 0 spiro atoms. The summed E-state index contributed by atoms with van der Waals surface area (Å²) in [6.07, 6.45) is 0.941. The number of aryl methyl sites for hydroxylation is 1. The lowest BCUT2D eigenvalue weighted by Crippen LogP contribution is -2.05. The van der Waals surface area contributed by atoms with E-state index in [4.69, 9.17) is 0 Å². The van der Waals surface area contributed by atoms with Gasteiger partial charge in [0, 0.05) is 18.3 Å². The van der Waals surface area contributed by atoms with Crippen LogP contribution in [0, 0.1) is 6.92 Å². The molecule has 0 bridgehead atoms. The van der Waals surface area contributed by atoms with E-state index in [9.17, 15) is 0 Å². The summed E-state index contributed by atoms with van der Waals surface area (Å²) in [5.41, 5.74) is 3.78. The van der Waals surface area contributed by atoms with Gasteiger partial charge in [-0.2, -0.15) is 0 Å². The minimum Gasteiger partial charge on any atom is -0.314 e. The highest BCUT2D eigenvalue weighted by atomic mass is 32.1. The van der Waals surface area contributed by atoms with Crippen molar-refractivity contribution in [2.75, 3.05) is 7.05 Å². The van der Waals surface area contributed by atoms with Crippen LogP contribution in [0.3, 0.4) is 0 Å². The average molecular weight is 232 g/mol. The molecule has 16 heavy (non-hydrogen) atoms. The molecule has 0 amide bonds. The molecule has 0 fully saturated rings. The fourth-order valence-corrected chi connectivity index (χ4v) is 2.52. The van der Waals surface area contributed by atoms with Crippen LogP contribution in [0.5, 0.6) is 0 Å². The number of hydrogen-bond donors (Lipinski definition) is 1. The van der Waals surface area contributed by atoms with Gasteiger partial charge >= 0.3 is 0 Å². The van der Waals surface area contributed by atoms with Gasteiger partial charge in [0.15, 0.2) is 0 Å². The summed E-state index contributed by atoms with van der Waals surface area (Å²) in [5.74, 6) is 0. The summed E-state index contributed by atoms with van der Waals surface area (Å²) in [4.78, 5) is 4.58. The van der Waals surface area contributed by atoms with Gasteiger partial charge in [-0.3, -0.25) is 0 Å². The third-order valence-electron chi connectivity index (χ3n) is 2.40. The summed E-state index contributed by atoms with van der Waals surface area (Å²) in [6.45, 7) is 2.97. The van der Waals surface area contributed by atoms with Crippen LogP contribution in [0.2, 0.25) is 0 Å². The number of hydrogen-bond acceptors (Lipinski definition) is 3. The van der Waals surface area contributed by atoms with E-state index in [1.54, 1.807) is 11.3 Å². The van der Waals surface area contributed by atoms with Crippen molar-refractivity contribution in [3.8, 4) is 0 Å². The van der Waals surface area contributed by atoms with Crippen molar-refractivity contribution < 1.29 is 0 Å². The van der Waals surface area contributed by atoms with Crippen LogP contribution in [-0.2, 0) is 13.0 Å². The first-order valence-corrected chi connectivity index (χ1v) is 6.29. The first-order valence-electron chi connectivity index (χ1n) is 5.41. The fraction of sp³-hybridized carbons (Fsp3) is 0.308. The third kappa shape index (κ3) is 2.90. The fourth-order valence-electron chi connectivity index (χ4n) is 1.69. The van der Waals surface area contributed by atoms with Crippen molar-refractivity contribution in [2.24, 2.45) is 0 Å². The normalized spacial score (nSPS) is 10.6. The summed E-state index contributed by atoms with van der Waals surface area (Å²) in [5, 5.41) is 6.43.